The van der Waals surface area contributed by atoms with Crippen molar-refractivity contribution in [3.63, 3.8) is 0 Å². The maximum absolute atomic E-state index is 12.5. The lowest BCUT2D eigenvalue weighted by atomic mass is 9.99. The van der Waals surface area contributed by atoms with E-state index in [0.717, 1.165) is 76.0 Å². The number of benzene rings is 2. The smallest absolute Gasteiger partial charge is 0.247 e. The van der Waals surface area contributed by atoms with E-state index in [1.807, 2.05) is 12.1 Å². The van der Waals surface area contributed by atoms with Crippen LogP contribution in [0.3, 0.4) is 0 Å². The number of nitrogens with zero attached hydrogens (tertiary/aromatic N) is 2. The van der Waals surface area contributed by atoms with E-state index in [9.17, 15) is 9.59 Å². The van der Waals surface area contributed by atoms with Gasteiger partial charge >= 0.3 is 0 Å². The topological polar surface area (TPSA) is 72.9 Å². The van der Waals surface area contributed by atoms with E-state index in [4.69, 9.17) is 5.21 Å². The minimum absolute atomic E-state index is 0.186. The summed E-state index contributed by atoms with van der Waals surface area (Å²) in [6.45, 7) is 5.50. The van der Waals surface area contributed by atoms with E-state index in [0.29, 0.717) is 18.6 Å². The van der Waals surface area contributed by atoms with Gasteiger partial charge in [-0.05, 0) is 68.0 Å². The first-order chi connectivity index (χ1) is 16.5. The lowest BCUT2D eigenvalue weighted by molar-refractivity contribution is -0.128. The molecule has 2 N–H and O–H groups in total. The van der Waals surface area contributed by atoms with E-state index in [2.05, 4.69) is 53.2 Å². The molecule has 34 heavy (non-hydrogen) atoms. The van der Waals surface area contributed by atoms with Gasteiger partial charge in [-0.2, -0.15) is 0 Å². The Kier molecular flexibility index (Phi) is 10.7. The van der Waals surface area contributed by atoms with Crippen LogP contribution in [0.5, 0.6) is 0 Å². The highest BCUT2D eigenvalue weighted by molar-refractivity contribution is 5.80. The summed E-state index contributed by atoms with van der Waals surface area (Å²) in [7, 11) is 2.17. The second kappa shape index (κ2) is 14.0. The number of hydrogen-bond donors (Lipinski definition) is 2. The molecule has 0 atom stereocenters. The molecule has 1 aliphatic heterocycles. The highest BCUT2D eigenvalue weighted by Crippen LogP contribution is 2.14. The number of aryl methyl sites for hydroxylation is 2. The van der Waals surface area contributed by atoms with Gasteiger partial charge in [-0.1, -0.05) is 48.5 Å². The number of Topliss-reactive ketones (excluding diaryl/α,β-unsaturated/α-hetero) is 1. The van der Waals surface area contributed by atoms with Gasteiger partial charge in [0, 0.05) is 39.0 Å². The van der Waals surface area contributed by atoms with Gasteiger partial charge in [-0.15, -0.1) is 0 Å². The Hall–Kier alpha value is -2.54. The Morgan fingerprint density at radius 2 is 1.47 bits per heavy atom. The van der Waals surface area contributed by atoms with Gasteiger partial charge in [-0.25, -0.2) is 5.48 Å². The molecule has 1 heterocycles. The predicted molar refractivity (Wildman–Crippen MR) is 135 cm³/mol. The van der Waals surface area contributed by atoms with Crippen LogP contribution in [0.25, 0.3) is 0 Å². The molecule has 0 spiro atoms. The van der Waals surface area contributed by atoms with E-state index in [-0.39, 0.29) is 6.42 Å². The molecule has 0 aliphatic carbocycles. The minimum Gasteiger partial charge on any atom is -0.304 e. The summed E-state index contributed by atoms with van der Waals surface area (Å²) in [5.41, 5.74) is 6.23. The molecule has 3 rings (SSSR count). The first-order valence-electron chi connectivity index (χ1n) is 12.5. The number of likely N-dealkylation sites (N-methyl/N-ethyl adjacent to an activating group) is 1. The van der Waals surface area contributed by atoms with Crippen LogP contribution in [0.1, 0.15) is 47.9 Å². The minimum atomic E-state index is -0.401. The number of piperazine rings is 1. The van der Waals surface area contributed by atoms with Crippen LogP contribution in [0.4, 0.5) is 0 Å². The third kappa shape index (κ3) is 9.37. The zero-order valence-corrected chi connectivity index (χ0v) is 20.5. The fraction of sp³-hybridized carbons (Fsp3) is 0.500. The van der Waals surface area contributed by atoms with Crippen molar-refractivity contribution in [2.45, 2.75) is 51.4 Å². The number of unbranched alkanes of at least 4 members (excludes halogenated alkanes) is 1. The third-order valence-electron chi connectivity index (χ3n) is 6.61. The number of amides is 1. The molecule has 1 aliphatic rings. The Bertz CT molecular complexity index is 905. The molecule has 0 saturated carbocycles. The SMILES string of the molecule is CN1CCN(CCCC(=O)Cc2cccc(CCCCc3ccc(CC(=O)NO)cc3)c2)CC1. The number of hydroxylamine groups is 1. The van der Waals surface area contributed by atoms with Gasteiger partial charge in [0.2, 0.25) is 5.91 Å². The lowest BCUT2D eigenvalue weighted by Crippen LogP contribution is -2.44. The lowest BCUT2D eigenvalue weighted by Gasteiger charge is -2.32. The van der Waals surface area contributed by atoms with Crippen molar-refractivity contribution in [2.24, 2.45) is 0 Å². The zero-order chi connectivity index (χ0) is 24.2. The number of carbonyl (C=O) groups is 2. The standard InChI is InChI=1S/C28H39N3O3/c1-30-16-18-31(19-17-30)15-5-10-27(32)21-26-9-4-8-24(20-26)7-3-2-6-23-11-13-25(14-12-23)22-28(33)29-34/h4,8-9,11-14,20,34H,2-3,5-7,10,15-19,21-22H2,1H3,(H,29,33). The summed E-state index contributed by atoms with van der Waals surface area (Å²) in [5, 5.41) is 8.61. The monoisotopic (exact) mass is 465 g/mol. The van der Waals surface area contributed by atoms with Crippen LogP contribution in [-0.4, -0.2) is 66.5 Å². The average molecular weight is 466 g/mol. The van der Waals surface area contributed by atoms with Crippen LogP contribution in [0.2, 0.25) is 0 Å². The van der Waals surface area contributed by atoms with E-state index in [1.54, 1.807) is 5.48 Å². The van der Waals surface area contributed by atoms with Crippen molar-refractivity contribution in [3.8, 4) is 0 Å². The van der Waals surface area contributed by atoms with Crippen molar-refractivity contribution in [1.82, 2.24) is 15.3 Å². The summed E-state index contributed by atoms with van der Waals surface area (Å²) in [5.74, 6) is -0.0615. The van der Waals surface area contributed by atoms with Gasteiger partial charge in [0.15, 0.2) is 0 Å². The quantitative estimate of drug-likeness (QED) is 0.269. The molecule has 2 aromatic rings. The summed E-state index contributed by atoms with van der Waals surface area (Å²) in [6.07, 6.45) is 6.54. The Morgan fingerprint density at radius 3 is 2.18 bits per heavy atom. The van der Waals surface area contributed by atoms with Gasteiger partial charge in [-0.3, -0.25) is 14.8 Å². The Morgan fingerprint density at radius 1 is 0.824 bits per heavy atom. The molecule has 0 aromatic heterocycles. The molecular formula is C28H39N3O3. The molecule has 0 unspecified atom stereocenters. The van der Waals surface area contributed by atoms with Crippen molar-refractivity contribution in [2.75, 3.05) is 39.8 Å². The molecular weight excluding hydrogens is 426 g/mol. The fourth-order valence-corrected chi connectivity index (χ4v) is 4.49. The molecule has 0 bridgehead atoms. The maximum atomic E-state index is 12.5. The molecule has 1 amide bonds. The zero-order valence-electron chi connectivity index (χ0n) is 20.5. The average Bonchev–Trinajstić information content (AvgIpc) is 2.84. The number of hydrogen-bond acceptors (Lipinski definition) is 5. The number of ketones is 1. The third-order valence-corrected chi connectivity index (χ3v) is 6.61. The second-order valence-corrected chi connectivity index (χ2v) is 9.52. The summed E-state index contributed by atoms with van der Waals surface area (Å²) < 4.78 is 0. The van der Waals surface area contributed by atoms with Crippen molar-refractivity contribution in [1.29, 1.82) is 0 Å². The van der Waals surface area contributed by atoms with Crippen LogP contribution in [-0.2, 0) is 35.3 Å². The number of rotatable bonds is 13. The Labute approximate surface area is 203 Å². The van der Waals surface area contributed by atoms with Crippen LogP contribution in [0.15, 0.2) is 48.5 Å². The van der Waals surface area contributed by atoms with E-state index >= 15 is 0 Å². The van der Waals surface area contributed by atoms with Gasteiger partial charge < -0.3 is 9.80 Å². The highest BCUT2D eigenvalue weighted by Gasteiger charge is 2.14. The van der Waals surface area contributed by atoms with Gasteiger partial charge in [0.1, 0.15) is 5.78 Å². The largest absolute Gasteiger partial charge is 0.304 e. The molecule has 1 fully saturated rings. The molecule has 2 aromatic carbocycles. The Balaban J connectivity index is 1.33. The predicted octanol–water partition coefficient (Wildman–Crippen LogP) is 3.44. The van der Waals surface area contributed by atoms with E-state index < -0.39 is 5.91 Å². The molecule has 6 nitrogen and oxygen atoms in total. The molecule has 1 saturated heterocycles. The van der Waals surface area contributed by atoms with E-state index in [1.165, 1.54) is 11.1 Å². The normalized spacial score (nSPS) is 14.8. The number of carbonyl (C=O) groups excluding carboxylic acids is 2. The molecule has 184 valence electrons. The van der Waals surface area contributed by atoms with Gasteiger partial charge in [0.25, 0.3) is 0 Å². The number of nitrogens with one attached hydrogen (secondary N) is 1. The molecule has 6 heteroatoms. The fourth-order valence-electron chi connectivity index (χ4n) is 4.49. The van der Waals surface area contributed by atoms with Crippen molar-refractivity contribution < 1.29 is 14.8 Å². The molecule has 0 radical (unpaired) electrons. The van der Waals surface area contributed by atoms with Crippen LogP contribution >= 0.6 is 0 Å². The summed E-state index contributed by atoms with van der Waals surface area (Å²) in [4.78, 5) is 28.5. The van der Waals surface area contributed by atoms with Crippen LogP contribution < -0.4 is 5.48 Å². The summed E-state index contributed by atoms with van der Waals surface area (Å²) in [6, 6.07) is 16.5. The van der Waals surface area contributed by atoms with Crippen LogP contribution in [0, 0.1) is 0 Å². The van der Waals surface area contributed by atoms with Crippen molar-refractivity contribution in [3.05, 3.63) is 70.8 Å². The summed E-state index contributed by atoms with van der Waals surface area (Å²) >= 11 is 0. The first kappa shape index (κ1) is 26.1. The second-order valence-electron chi connectivity index (χ2n) is 9.52. The van der Waals surface area contributed by atoms with Crippen molar-refractivity contribution >= 4 is 11.7 Å². The highest BCUT2D eigenvalue weighted by atomic mass is 16.5. The van der Waals surface area contributed by atoms with Gasteiger partial charge in [0.05, 0.1) is 6.42 Å². The maximum Gasteiger partial charge on any atom is 0.247 e. The first-order valence-corrected chi connectivity index (χ1v) is 12.5.